The second-order valence-electron chi connectivity index (χ2n) is 9.35. The number of nitrogens with zero attached hydrogens (tertiary/aromatic N) is 2. The Labute approximate surface area is 170 Å². The van der Waals surface area contributed by atoms with Crippen LogP contribution in [0.25, 0.3) is 0 Å². The first-order chi connectivity index (χ1) is 13.9. The highest BCUT2D eigenvalue weighted by Gasteiger charge is 2.55. The first-order valence-corrected chi connectivity index (χ1v) is 11.1. The summed E-state index contributed by atoms with van der Waals surface area (Å²) in [5.41, 5.74) is 0. The van der Waals surface area contributed by atoms with E-state index >= 15 is 4.39 Å². The van der Waals surface area contributed by atoms with Crippen LogP contribution in [0.1, 0.15) is 46.0 Å². The average molecular weight is 410 g/mol. The van der Waals surface area contributed by atoms with Gasteiger partial charge >= 0.3 is 6.03 Å². The minimum atomic E-state index is -1.29. The molecule has 5 heterocycles. The van der Waals surface area contributed by atoms with Gasteiger partial charge in [-0.25, -0.2) is 9.18 Å². The van der Waals surface area contributed by atoms with E-state index in [2.05, 4.69) is 34.7 Å². The summed E-state index contributed by atoms with van der Waals surface area (Å²) >= 11 is 0. The standard InChI is InChI=1S/C20H32FN5O3/c1-10-3-4-11(2)29-15-5-7-22-17-16(15)26(20(28)23-17)19-13(21)9-12-14(27)6-8-25(10)18(12)24-19/h10-13,15-19,22,24H,3-9H2,1-2H3,(H,23,28)/t10-,11+,12?,13?,15?,16?,17?,18?,19?/m0/s1. The van der Waals surface area contributed by atoms with Gasteiger partial charge in [-0.3, -0.25) is 25.2 Å². The number of carbonyl (C=O) groups is 2. The smallest absolute Gasteiger partial charge is 0.320 e. The predicted molar refractivity (Wildman–Crippen MR) is 104 cm³/mol. The van der Waals surface area contributed by atoms with Crippen molar-refractivity contribution in [2.45, 2.75) is 94.9 Å². The fourth-order valence-electron chi connectivity index (χ4n) is 6.02. The Morgan fingerprint density at radius 2 is 1.97 bits per heavy atom. The number of piperidine rings is 3. The lowest BCUT2D eigenvalue weighted by atomic mass is 9.82. The molecule has 5 aliphatic heterocycles. The Hall–Kier alpha value is -1.29. The third-order valence-electron chi connectivity index (χ3n) is 7.55. The van der Waals surface area contributed by atoms with Crippen molar-refractivity contribution in [3.63, 3.8) is 0 Å². The molecule has 0 aliphatic carbocycles. The molecule has 0 aromatic rings. The van der Waals surface area contributed by atoms with E-state index in [4.69, 9.17) is 4.74 Å². The lowest BCUT2D eigenvalue weighted by Crippen LogP contribution is -2.72. The van der Waals surface area contributed by atoms with Gasteiger partial charge < -0.3 is 10.1 Å². The second-order valence-corrected chi connectivity index (χ2v) is 9.35. The van der Waals surface area contributed by atoms with Gasteiger partial charge in [-0.15, -0.1) is 0 Å². The van der Waals surface area contributed by atoms with Crippen molar-refractivity contribution >= 4 is 11.8 Å². The zero-order chi connectivity index (χ0) is 20.3. The van der Waals surface area contributed by atoms with Gasteiger partial charge in [-0.2, -0.15) is 0 Å². The van der Waals surface area contributed by atoms with Crippen molar-refractivity contribution in [3.05, 3.63) is 0 Å². The number of ether oxygens (including phenoxy) is 1. The SMILES string of the molecule is C[C@@H]1CC[C@H](C)N2CCC(=O)C3CC(F)C(NC32)N2C(=O)NC3NCCC(O1)C32. The third kappa shape index (κ3) is 3.26. The highest BCUT2D eigenvalue weighted by Crippen LogP contribution is 2.36. The average Bonchev–Trinajstić information content (AvgIpc) is 3.02. The molecule has 2 amide bonds. The van der Waals surface area contributed by atoms with Crippen LogP contribution in [0.5, 0.6) is 0 Å². The molecule has 0 aromatic carbocycles. The van der Waals surface area contributed by atoms with Crippen LogP contribution in [0.15, 0.2) is 0 Å². The van der Waals surface area contributed by atoms with Gasteiger partial charge in [0.15, 0.2) is 0 Å². The Bertz CT molecular complexity index is 681. The minimum Gasteiger partial charge on any atom is -0.373 e. The minimum absolute atomic E-state index is 0.0642. The maximum Gasteiger partial charge on any atom is 0.320 e. The number of hydrogen-bond acceptors (Lipinski definition) is 6. The molecule has 9 atom stereocenters. The van der Waals surface area contributed by atoms with Crippen LogP contribution in [-0.4, -0.2) is 83.7 Å². The molecular weight excluding hydrogens is 377 g/mol. The van der Waals surface area contributed by atoms with E-state index in [1.165, 1.54) is 0 Å². The van der Waals surface area contributed by atoms with E-state index in [0.717, 1.165) is 25.8 Å². The molecule has 5 rings (SSSR count). The fraction of sp³-hybridized carbons (Fsp3) is 0.900. The van der Waals surface area contributed by atoms with E-state index in [1.807, 2.05) is 0 Å². The van der Waals surface area contributed by atoms with Crippen LogP contribution in [0, 0.1) is 5.92 Å². The summed E-state index contributed by atoms with van der Waals surface area (Å²) in [4.78, 5) is 29.4. The summed E-state index contributed by atoms with van der Waals surface area (Å²) in [5, 5.41) is 9.71. The number of alkyl halides is 1. The van der Waals surface area contributed by atoms with E-state index in [-0.39, 0.29) is 60.8 Å². The monoisotopic (exact) mass is 409 g/mol. The van der Waals surface area contributed by atoms with Gasteiger partial charge in [-0.05, 0) is 46.1 Å². The molecule has 29 heavy (non-hydrogen) atoms. The molecule has 0 saturated carbocycles. The number of rotatable bonds is 0. The number of Topliss-reactive ketones (excluding diaryl/α,β-unsaturated/α-hetero) is 1. The number of nitrogens with one attached hydrogen (secondary N) is 3. The number of fused-ring (bicyclic) bond motifs is 2. The molecule has 0 aromatic heterocycles. The number of ketones is 1. The molecule has 3 N–H and O–H groups in total. The highest BCUT2D eigenvalue weighted by atomic mass is 19.1. The second kappa shape index (κ2) is 7.44. The Morgan fingerprint density at radius 1 is 1.14 bits per heavy atom. The summed E-state index contributed by atoms with van der Waals surface area (Å²) in [6.45, 7) is 5.70. The molecule has 0 radical (unpaired) electrons. The zero-order valence-corrected chi connectivity index (χ0v) is 17.1. The summed E-state index contributed by atoms with van der Waals surface area (Å²) < 4.78 is 21.8. The van der Waals surface area contributed by atoms with Crippen molar-refractivity contribution in [3.8, 4) is 0 Å². The molecule has 5 fully saturated rings. The van der Waals surface area contributed by atoms with Gasteiger partial charge in [0.05, 0.1) is 24.4 Å². The first kappa shape index (κ1) is 19.7. The number of amides is 2. The summed E-state index contributed by atoms with van der Waals surface area (Å²) in [6, 6.07) is -0.280. The molecule has 0 spiro atoms. The molecule has 5 aliphatic rings. The van der Waals surface area contributed by atoms with Crippen molar-refractivity contribution in [2.24, 2.45) is 5.92 Å². The summed E-state index contributed by atoms with van der Waals surface area (Å²) in [6.07, 6.45) is 0.716. The molecule has 9 heteroatoms. The van der Waals surface area contributed by atoms with Crippen LogP contribution in [0.2, 0.25) is 0 Å². The van der Waals surface area contributed by atoms with Gasteiger partial charge in [0.2, 0.25) is 0 Å². The number of halogens is 1. The molecule has 5 saturated heterocycles. The molecule has 8 nitrogen and oxygen atoms in total. The Morgan fingerprint density at radius 3 is 2.79 bits per heavy atom. The van der Waals surface area contributed by atoms with Crippen molar-refractivity contribution < 1.29 is 18.7 Å². The lowest BCUT2D eigenvalue weighted by Gasteiger charge is -2.52. The highest BCUT2D eigenvalue weighted by molar-refractivity contribution is 5.83. The van der Waals surface area contributed by atoms with E-state index in [9.17, 15) is 9.59 Å². The Kier molecular flexibility index (Phi) is 5.04. The normalized spacial score (nSPS) is 48.4. The van der Waals surface area contributed by atoms with Crippen LogP contribution in [0.3, 0.4) is 0 Å². The quantitative estimate of drug-likeness (QED) is 0.541. The van der Waals surface area contributed by atoms with Crippen molar-refractivity contribution in [1.29, 1.82) is 0 Å². The van der Waals surface area contributed by atoms with Gasteiger partial charge in [-0.1, -0.05) is 0 Å². The summed E-state index contributed by atoms with van der Waals surface area (Å²) in [5.74, 6) is -0.215. The molecule has 2 bridgehead atoms. The number of hydrogen-bond donors (Lipinski definition) is 3. The maximum atomic E-state index is 15.4. The van der Waals surface area contributed by atoms with Gasteiger partial charge in [0.25, 0.3) is 0 Å². The number of urea groups is 1. The van der Waals surface area contributed by atoms with Gasteiger partial charge in [0, 0.05) is 24.9 Å². The van der Waals surface area contributed by atoms with E-state index in [0.29, 0.717) is 13.0 Å². The van der Waals surface area contributed by atoms with E-state index in [1.54, 1.807) is 4.90 Å². The zero-order valence-electron chi connectivity index (χ0n) is 17.1. The molecular formula is C20H32FN5O3. The largest absolute Gasteiger partial charge is 0.373 e. The number of carbonyl (C=O) groups excluding carboxylic acids is 2. The fourth-order valence-corrected chi connectivity index (χ4v) is 6.02. The maximum absolute atomic E-state index is 15.4. The van der Waals surface area contributed by atoms with Gasteiger partial charge in [0.1, 0.15) is 24.3 Å². The van der Waals surface area contributed by atoms with Crippen LogP contribution >= 0.6 is 0 Å². The topological polar surface area (TPSA) is 85.9 Å². The molecule has 7 unspecified atom stereocenters. The van der Waals surface area contributed by atoms with Crippen molar-refractivity contribution in [1.82, 2.24) is 25.8 Å². The first-order valence-electron chi connectivity index (χ1n) is 11.1. The van der Waals surface area contributed by atoms with E-state index < -0.39 is 12.3 Å². The van der Waals surface area contributed by atoms with Crippen LogP contribution in [-0.2, 0) is 9.53 Å². The summed E-state index contributed by atoms with van der Waals surface area (Å²) in [7, 11) is 0. The third-order valence-corrected chi connectivity index (χ3v) is 7.55. The predicted octanol–water partition coefficient (Wildman–Crippen LogP) is 0.530. The lowest BCUT2D eigenvalue weighted by molar-refractivity contribution is -0.142. The van der Waals surface area contributed by atoms with Crippen LogP contribution < -0.4 is 16.0 Å². The Balaban J connectivity index is 1.52. The van der Waals surface area contributed by atoms with Crippen molar-refractivity contribution in [2.75, 3.05) is 13.1 Å². The van der Waals surface area contributed by atoms with Crippen LogP contribution in [0.4, 0.5) is 9.18 Å². The molecule has 162 valence electrons.